The minimum Gasteiger partial charge on any atom is -0.481 e. The molecule has 0 aliphatic carbocycles. The smallest absolute Gasteiger partial charge is 0.224 e. The number of amides is 1. The Bertz CT molecular complexity index is 962. The molecule has 0 spiro atoms. The summed E-state index contributed by atoms with van der Waals surface area (Å²) >= 11 is 0. The lowest BCUT2D eigenvalue weighted by molar-refractivity contribution is -0.116. The number of carbonyl (C=O) groups excluding carboxylic acids is 1. The summed E-state index contributed by atoms with van der Waals surface area (Å²) in [6, 6.07) is 5.53. The summed E-state index contributed by atoms with van der Waals surface area (Å²) in [5.74, 6) is 0.428. The molecule has 1 amide bonds. The van der Waals surface area contributed by atoms with Crippen LogP contribution in [0.15, 0.2) is 35.6 Å². The van der Waals surface area contributed by atoms with Gasteiger partial charge in [0.15, 0.2) is 0 Å². The third-order valence-corrected chi connectivity index (χ3v) is 5.76. The number of hydrogen-bond donors (Lipinski definition) is 1. The van der Waals surface area contributed by atoms with Gasteiger partial charge in [0, 0.05) is 70.6 Å². The fraction of sp³-hybridized carbons (Fsp3) is 0.556. The third-order valence-electron chi connectivity index (χ3n) is 5.76. The lowest BCUT2D eigenvalue weighted by Gasteiger charge is -2.33. The highest BCUT2D eigenvalue weighted by molar-refractivity contribution is 5.95. The largest absolute Gasteiger partial charge is 0.481 e. The number of anilines is 1. The minimum absolute atomic E-state index is 0.0934. The molecule has 2 aromatic rings. The summed E-state index contributed by atoms with van der Waals surface area (Å²) in [5, 5.41) is 9.15. The van der Waals surface area contributed by atoms with Crippen molar-refractivity contribution >= 4 is 23.6 Å². The van der Waals surface area contributed by atoms with Crippen LogP contribution in [0.1, 0.15) is 34.1 Å². The topological polar surface area (TPSA) is 104 Å². The van der Waals surface area contributed by atoms with Gasteiger partial charge in [-0.3, -0.25) is 14.7 Å². The molecule has 10 nitrogen and oxygen atoms in total. The number of hydrogen-bond acceptors (Lipinski definition) is 8. The number of methoxy groups -OCH3 is 1. The van der Waals surface area contributed by atoms with E-state index in [0.29, 0.717) is 49.3 Å². The van der Waals surface area contributed by atoms with Gasteiger partial charge < -0.3 is 24.4 Å². The minimum atomic E-state index is -0.0934. The number of aliphatic imine (C=N–C) groups is 1. The van der Waals surface area contributed by atoms with E-state index in [4.69, 9.17) is 19.6 Å². The lowest BCUT2D eigenvalue weighted by Crippen LogP contribution is -2.46. The molecule has 3 heterocycles. The number of β-amino-alcohol motifs (C(OH)–C–C–N with tert-alkyl or cyclic N) is 1. The van der Waals surface area contributed by atoms with Gasteiger partial charge >= 0.3 is 0 Å². The van der Waals surface area contributed by atoms with Crippen LogP contribution in [0.3, 0.4) is 0 Å². The monoisotopic (exact) mass is 514 g/mol. The summed E-state index contributed by atoms with van der Waals surface area (Å²) in [7, 11) is 1.57. The molecule has 1 saturated heterocycles. The van der Waals surface area contributed by atoms with Crippen LogP contribution in [0.4, 0.5) is 11.4 Å². The van der Waals surface area contributed by atoms with Crippen molar-refractivity contribution in [1.82, 2.24) is 19.8 Å². The summed E-state index contributed by atoms with van der Waals surface area (Å²) in [6.45, 7) is 13.3. The number of nitrogens with zero attached hydrogens (tertiary/aromatic N) is 6. The van der Waals surface area contributed by atoms with E-state index in [9.17, 15) is 4.79 Å². The van der Waals surface area contributed by atoms with Crippen LogP contribution in [-0.2, 0) is 9.53 Å². The third kappa shape index (κ3) is 9.38. The molecule has 0 atom stereocenters. The Balaban J connectivity index is 0.00000235. The summed E-state index contributed by atoms with van der Waals surface area (Å²) in [6.07, 6.45) is 6.13. The maximum atomic E-state index is 12.6. The lowest BCUT2D eigenvalue weighted by atomic mass is 10.1. The van der Waals surface area contributed by atoms with E-state index in [-0.39, 0.29) is 12.5 Å². The standard InChI is InChI=1S/C25H36N6O4.C2H6/c1-4-14-35-15-12-31(20(2)33)24-16-22(21-5-6-25(34-3)27-17-21)26-18-23(24)28-19-30-9-7-29(8-10-30)11-13-32;1-2/h5-6,16-19,32H,4,7-15H2,1-3H3;1-2H3. The molecule has 1 aliphatic heterocycles. The zero-order valence-corrected chi connectivity index (χ0v) is 22.9. The van der Waals surface area contributed by atoms with E-state index >= 15 is 0 Å². The molecule has 0 radical (unpaired) electrons. The van der Waals surface area contributed by atoms with Gasteiger partial charge in [0.2, 0.25) is 11.8 Å². The molecular formula is C27H42N6O4. The second-order valence-electron chi connectivity index (χ2n) is 8.28. The second-order valence-corrected chi connectivity index (χ2v) is 8.28. The van der Waals surface area contributed by atoms with Crippen molar-refractivity contribution in [3.05, 3.63) is 30.6 Å². The quantitative estimate of drug-likeness (QED) is 0.262. The Morgan fingerprint density at radius 2 is 1.92 bits per heavy atom. The fourth-order valence-corrected chi connectivity index (χ4v) is 3.80. The Hall–Kier alpha value is -3.08. The summed E-state index contributed by atoms with van der Waals surface area (Å²) < 4.78 is 10.8. The maximum absolute atomic E-state index is 12.6. The van der Waals surface area contributed by atoms with Crippen molar-refractivity contribution in [1.29, 1.82) is 0 Å². The van der Waals surface area contributed by atoms with E-state index in [1.807, 2.05) is 32.3 Å². The van der Waals surface area contributed by atoms with Crippen LogP contribution in [0.5, 0.6) is 5.88 Å². The van der Waals surface area contributed by atoms with E-state index in [2.05, 4.69) is 26.7 Å². The van der Waals surface area contributed by atoms with Gasteiger partial charge in [0.25, 0.3) is 0 Å². The first-order valence-electron chi connectivity index (χ1n) is 13.0. The van der Waals surface area contributed by atoms with Gasteiger partial charge in [-0.2, -0.15) is 0 Å². The van der Waals surface area contributed by atoms with E-state index in [1.54, 1.807) is 37.4 Å². The van der Waals surface area contributed by atoms with Crippen molar-refractivity contribution in [3.8, 4) is 17.1 Å². The molecule has 3 rings (SSSR count). The second kappa shape index (κ2) is 16.6. The van der Waals surface area contributed by atoms with Crippen LogP contribution in [-0.4, -0.2) is 103 Å². The molecule has 204 valence electrons. The van der Waals surface area contributed by atoms with Gasteiger partial charge in [0.1, 0.15) is 5.69 Å². The fourth-order valence-electron chi connectivity index (χ4n) is 3.80. The number of piperazine rings is 1. The number of ether oxygens (including phenoxy) is 2. The number of aliphatic hydroxyl groups is 1. The highest BCUT2D eigenvalue weighted by Gasteiger charge is 2.19. The first-order valence-corrected chi connectivity index (χ1v) is 13.0. The summed E-state index contributed by atoms with van der Waals surface area (Å²) in [5.41, 5.74) is 2.79. The average molecular weight is 515 g/mol. The Morgan fingerprint density at radius 3 is 2.51 bits per heavy atom. The Labute approximate surface area is 220 Å². The van der Waals surface area contributed by atoms with Crippen LogP contribution < -0.4 is 9.64 Å². The van der Waals surface area contributed by atoms with Crippen molar-refractivity contribution in [2.75, 3.05) is 71.1 Å². The Kier molecular flexibility index (Phi) is 13.5. The first kappa shape index (κ1) is 30.1. The number of rotatable bonds is 12. The zero-order chi connectivity index (χ0) is 27.0. The van der Waals surface area contributed by atoms with Gasteiger partial charge in [-0.15, -0.1) is 0 Å². The first-order chi connectivity index (χ1) is 18.0. The number of carbonyl (C=O) groups is 1. The molecule has 2 aromatic heterocycles. The molecule has 1 fully saturated rings. The normalized spacial score (nSPS) is 13.8. The van der Waals surface area contributed by atoms with Crippen molar-refractivity contribution in [2.24, 2.45) is 4.99 Å². The van der Waals surface area contributed by atoms with Crippen LogP contribution in [0.2, 0.25) is 0 Å². The molecule has 0 aromatic carbocycles. The summed E-state index contributed by atoms with van der Waals surface area (Å²) in [4.78, 5) is 32.3. The van der Waals surface area contributed by atoms with Crippen molar-refractivity contribution in [3.63, 3.8) is 0 Å². The molecule has 0 bridgehead atoms. The van der Waals surface area contributed by atoms with Crippen LogP contribution in [0, 0.1) is 0 Å². The van der Waals surface area contributed by atoms with Crippen LogP contribution in [0.25, 0.3) is 11.3 Å². The van der Waals surface area contributed by atoms with Gasteiger partial charge in [0.05, 0.1) is 44.2 Å². The zero-order valence-electron chi connectivity index (χ0n) is 22.9. The maximum Gasteiger partial charge on any atom is 0.224 e. The molecule has 10 heteroatoms. The van der Waals surface area contributed by atoms with Crippen molar-refractivity contribution < 1.29 is 19.4 Å². The molecule has 1 aliphatic rings. The SMILES string of the molecule is CC.CCCOCCN(C(C)=O)c1cc(-c2ccc(OC)nc2)ncc1N=CN1CCN(CCO)CC1. The number of pyridine rings is 2. The van der Waals surface area contributed by atoms with E-state index in [0.717, 1.165) is 38.2 Å². The number of aliphatic hydroxyl groups excluding tert-OH is 1. The molecule has 0 saturated carbocycles. The van der Waals surface area contributed by atoms with E-state index < -0.39 is 0 Å². The highest BCUT2D eigenvalue weighted by Crippen LogP contribution is 2.32. The molecule has 37 heavy (non-hydrogen) atoms. The van der Waals surface area contributed by atoms with Gasteiger partial charge in [-0.05, 0) is 18.6 Å². The highest BCUT2D eigenvalue weighted by atomic mass is 16.5. The van der Waals surface area contributed by atoms with Gasteiger partial charge in [-0.25, -0.2) is 9.98 Å². The molecule has 1 N–H and O–H groups in total. The van der Waals surface area contributed by atoms with Crippen molar-refractivity contribution in [2.45, 2.75) is 34.1 Å². The number of aromatic nitrogens is 2. The van der Waals surface area contributed by atoms with E-state index in [1.165, 1.54) is 0 Å². The average Bonchev–Trinajstić information content (AvgIpc) is 2.94. The predicted octanol–water partition coefficient (Wildman–Crippen LogP) is 3.23. The predicted molar refractivity (Wildman–Crippen MR) is 148 cm³/mol. The molecular weight excluding hydrogens is 472 g/mol. The van der Waals surface area contributed by atoms with Gasteiger partial charge in [-0.1, -0.05) is 20.8 Å². The Morgan fingerprint density at radius 1 is 1.16 bits per heavy atom. The molecule has 0 unspecified atom stereocenters. The van der Waals surface area contributed by atoms with Crippen LogP contribution >= 0.6 is 0 Å².